The van der Waals surface area contributed by atoms with Crippen LogP contribution < -0.4 is 5.32 Å². The second-order valence-corrected chi connectivity index (χ2v) is 9.10. The summed E-state index contributed by atoms with van der Waals surface area (Å²) in [5, 5.41) is 5.17. The van der Waals surface area contributed by atoms with Crippen LogP contribution in [0.5, 0.6) is 0 Å². The molecule has 2 amide bonds. The van der Waals surface area contributed by atoms with E-state index in [2.05, 4.69) is 51.2 Å². The van der Waals surface area contributed by atoms with E-state index in [0.717, 1.165) is 10.6 Å². The minimum Gasteiger partial charge on any atom is -0.338 e. The lowest BCUT2D eigenvalue weighted by atomic mass is 9.91. The maximum atomic E-state index is 13.0. The Labute approximate surface area is 172 Å². The van der Waals surface area contributed by atoms with E-state index in [1.54, 1.807) is 0 Å². The van der Waals surface area contributed by atoms with Crippen molar-refractivity contribution in [3.63, 3.8) is 0 Å². The smallest absolute Gasteiger partial charge is 0.263 e. The van der Waals surface area contributed by atoms with Crippen LogP contribution in [0, 0.1) is 5.92 Å². The lowest BCUT2D eigenvalue weighted by molar-refractivity contribution is -0.121. The summed E-state index contributed by atoms with van der Waals surface area (Å²) >= 11 is 1.47. The third kappa shape index (κ3) is 4.46. The fourth-order valence-corrected chi connectivity index (χ4v) is 4.51. The van der Waals surface area contributed by atoms with Crippen molar-refractivity contribution in [1.29, 1.82) is 0 Å². The van der Waals surface area contributed by atoms with Gasteiger partial charge in [-0.25, -0.2) is 0 Å². The Bertz CT molecular complexity index is 793. The zero-order valence-electron chi connectivity index (χ0n) is 17.2. The molecule has 0 spiro atoms. The first-order valence-corrected chi connectivity index (χ1v) is 11.0. The standard InChI is InChI=1S/C23H30N2O2S/c1-15(2)18-7-5-8-19(16(3)4)21(18)24-22(26)17-10-12-25(13-11-17)23(27)20-9-6-14-28-20/h5-9,14-17H,10-13H2,1-4H3,(H,24,26). The van der Waals surface area contributed by atoms with Crippen LogP contribution in [-0.4, -0.2) is 29.8 Å². The Morgan fingerprint density at radius 1 is 1.00 bits per heavy atom. The van der Waals surface area contributed by atoms with Gasteiger partial charge in [-0.3, -0.25) is 9.59 Å². The van der Waals surface area contributed by atoms with Crippen LogP contribution in [0.4, 0.5) is 5.69 Å². The lowest BCUT2D eigenvalue weighted by Gasteiger charge is -2.31. The van der Waals surface area contributed by atoms with E-state index in [4.69, 9.17) is 0 Å². The molecule has 0 aliphatic carbocycles. The third-order valence-electron chi connectivity index (χ3n) is 5.51. The fraction of sp³-hybridized carbons (Fsp3) is 0.478. The SMILES string of the molecule is CC(C)c1cccc(C(C)C)c1NC(=O)C1CCN(C(=O)c2cccs2)CC1. The van der Waals surface area contributed by atoms with Gasteiger partial charge < -0.3 is 10.2 Å². The van der Waals surface area contributed by atoms with Gasteiger partial charge in [0.25, 0.3) is 5.91 Å². The molecule has 3 rings (SSSR count). The maximum absolute atomic E-state index is 13.0. The number of carbonyl (C=O) groups excluding carboxylic acids is 2. The molecule has 5 heteroatoms. The highest BCUT2D eigenvalue weighted by Crippen LogP contribution is 2.33. The molecule has 0 bridgehead atoms. The Morgan fingerprint density at radius 2 is 1.61 bits per heavy atom. The summed E-state index contributed by atoms with van der Waals surface area (Å²) in [6, 6.07) is 10.1. The molecular weight excluding hydrogens is 368 g/mol. The molecular formula is C23H30N2O2S. The highest BCUT2D eigenvalue weighted by atomic mass is 32.1. The molecule has 150 valence electrons. The summed E-state index contributed by atoms with van der Waals surface area (Å²) in [7, 11) is 0. The third-order valence-corrected chi connectivity index (χ3v) is 6.36. The minimum atomic E-state index is -0.0485. The molecule has 1 saturated heterocycles. The number of thiophene rings is 1. The average molecular weight is 399 g/mol. The molecule has 0 unspecified atom stereocenters. The Kier molecular flexibility index (Phi) is 6.55. The first-order valence-electron chi connectivity index (χ1n) is 10.1. The number of amides is 2. The number of nitrogens with one attached hydrogen (secondary N) is 1. The molecule has 1 aromatic carbocycles. The van der Waals surface area contributed by atoms with E-state index in [0.29, 0.717) is 37.8 Å². The van der Waals surface area contributed by atoms with Crippen molar-refractivity contribution in [2.75, 3.05) is 18.4 Å². The molecule has 2 heterocycles. The van der Waals surface area contributed by atoms with Crippen LogP contribution in [0.15, 0.2) is 35.7 Å². The van der Waals surface area contributed by atoms with Gasteiger partial charge in [0.2, 0.25) is 5.91 Å². The minimum absolute atomic E-state index is 0.0485. The van der Waals surface area contributed by atoms with Gasteiger partial charge in [0, 0.05) is 24.7 Å². The van der Waals surface area contributed by atoms with Gasteiger partial charge in [-0.2, -0.15) is 0 Å². The van der Waals surface area contributed by atoms with Crippen LogP contribution in [0.2, 0.25) is 0 Å². The van der Waals surface area contributed by atoms with Crippen molar-refractivity contribution >= 4 is 28.8 Å². The van der Waals surface area contributed by atoms with Gasteiger partial charge in [0.15, 0.2) is 0 Å². The molecule has 2 aromatic rings. The fourth-order valence-electron chi connectivity index (χ4n) is 3.82. The molecule has 1 aliphatic heterocycles. The normalized spacial score (nSPS) is 15.3. The number of carbonyl (C=O) groups is 2. The largest absolute Gasteiger partial charge is 0.338 e. The summed E-state index contributed by atoms with van der Waals surface area (Å²) in [5.41, 5.74) is 3.35. The van der Waals surface area contributed by atoms with Gasteiger partial charge in [0.05, 0.1) is 4.88 Å². The summed E-state index contributed by atoms with van der Waals surface area (Å²) < 4.78 is 0. The van der Waals surface area contributed by atoms with Crippen molar-refractivity contribution in [3.8, 4) is 0 Å². The van der Waals surface area contributed by atoms with E-state index in [1.165, 1.54) is 22.5 Å². The zero-order chi connectivity index (χ0) is 20.3. The number of nitrogens with zero attached hydrogens (tertiary/aromatic N) is 1. The monoisotopic (exact) mass is 398 g/mol. The van der Waals surface area contributed by atoms with E-state index in [1.807, 2.05) is 22.4 Å². The number of hydrogen-bond donors (Lipinski definition) is 1. The van der Waals surface area contributed by atoms with E-state index in [9.17, 15) is 9.59 Å². The number of piperidine rings is 1. The van der Waals surface area contributed by atoms with Gasteiger partial charge in [-0.15, -0.1) is 11.3 Å². The van der Waals surface area contributed by atoms with Crippen molar-refractivity contribution in [2.45, 2.75) is 52.4 Å². The number of likely N-dealkylation sites (tertiary alicyclic amines) is 1. The highest BCUT2D eigenvalue weighted by molar-refractivity contribution is 7.12. The molecule has 4 nitrogen and oxygen atoms in total. The van der Waals surface area contributed by atoms with Crippen LogP contribution >= 0.6 is 11.3 Å². The number of benzene rings is 1. The molecule has 1 fully saturated rings. The van der Waals surface area contributed by atoms with E-state index in [-0.39, 0.29) is 17.7 Å². The number of anilines is 1. The van der Waals surface area contributed by atoms with Crippen LogP contribution in [0.1, 0.15) is 73.2 Å². The molecule has 1 N–H and O–H groups in total. The van der Waals surface area contributed by atoms with Crippen molar-refractivity contribution in [3.05, 3.63) is 51.7 Å². The van der Waals surface area contributed by atoms with E-state index >= 15 is 0 Å². The predicted molar refractivity (Wildman–Crippen MR) is 116 cm³/mol. The number of para-hydroxylation sites is 1. The topological polar surface area (TPSA) is 49.4 Å². The Balaban J connectivity index is 1.67. The van der Waals surface area contributed by atoms with Gasteiger partial charge in [0.1, 0.15) is 0 Å². The van der Waals surface area contributed by atoms with Crippen molar-refractivity contribution < 1.29 is 9.59 Å². The van der Waals surface area contributed by atoms with Crippen LogP contribution in [0.3, 0.4) is 0 Å². The number of rotatable bonds is 5. The second kappa shape index (κ2) is 8.91. The molecule has 1 aromatic heterocycles. The quantitative estimate of drug-likeness (QED) is 0.724. The molecule has 0 saturated carbocycles. The van der Waals surface area contributed by atoms with Crippen molar-refractivity contribution in [2.24, 2.45) is 5.92 Å². The summed E-state index contributed by atoms with van der Waals surface area (Å²) in [4.78, 5) is 28.2. The van der Waals surface area contributed by atoms with Crippen LogP contribution in [-0.2, 0) is 4.79 Å². The highest BCUT2D eigenvalue weighted by Gasteiger charge is 2.29. The lowest BCUT2D eigenvalue weighted by Crippen LogP contribution is -2.41. The zero-order valence-corrected chi connectivity index (χ0v) is 18.0. The summed E-state index contributed by atoms with van der Waals surface area (Å²) in [6.45, 7) is 9.90. The first kappa shape index (κ1) is 20.6. The maximum Gasteiger partial charge on any atom is 0.263 e. The van der Waals surface area contributed by atoms with Gasteiger partial charge in [-0.05, 0) is 47.3 Å². The second-order valence-electron chi connectivity index (χ2n) is 8.15. The van der Waals surface area contributed by atoms with E-state index < -0.39 is 0 Å². The summed E-state index contributed by atoms with van der Waals surface area (Å²) in [5.74, 6) is 0.811. The Hall–Kier alpha value is -2.14. The molecule has 1 aliphatic rings. The van der Waals surface area contributed by atoms with Gasteiger partial charge in [-0.1, -0.05) is 52.0 Å². The van der Waals surface area contributed by atoms with Crippen LogP contribution in [0.25, 0.3) is 0 Å². The average Bonchev–Trinajstić information content (AvgIpc) is 3.22. The Morgan fingerprint density at radius 3 is 2.11 bits per heavy atom. The molecule has 0 radical (unpaired) electrons. The first-order chi connectivity index (χ1) is 13.4. The molecule has 28 heavy (non-hydrogen) atoms. The van der Waals surface area contributed by atoms with Crippen molar-refractivity contribution in [1.82, 2.24) is 4.90 Å². The number of hydrogen-bond acceptors (Lipinski definition) is 3. The molecule has 0 atom stereocenters. The van der Waals surface area contributed by atoms with Gasteiger partial charge >= 0.3 is 0 Å². The predicted octanol–water partition coefficient (Wildman–Crippen LogP) is 5.49. The summed E-state index contributed by atoms with van der Waals surface area (Å²) in [6.07, 6.45) is 1.42.